The molecule has 1 aliphatic rings. The quantitative estimate of drug-likeness (QED) is 0.861. The Morgan fingerprint density at radius 1 is 1.39 bits per heavy atom. The van der Waals surface area contributed by atoms with Gasteiger partial charge in [-0.15, -0.1) is 0 Å². The van der Waals surface area contributed by atoms with Crippen LogP contribution in [0, 0.1) is 5.92 Å². The highest BCUT2D eigenvalue weighted by Crippen LogP contribution is 2.32. The van der Waals surface area contributed by atoms with E-state index in [1.54, 1.807) is 4.90 Å². The van der Waals surface area contributed by atoms with Crippen LogP contribution in [0.15, 0.2) is 18.2 Å². The van der Waals surface area contributed by atoms with Crippen LogP contribution in [0.4, 0.5) is 0 Å². The number of hydrogen-bond donors (Lipinski definition) is 2. The lowest BCUT2D eigenvalue weighted by Crippen LogP contribution is -2.38. The Morgan fingerprint density at radius 3 is 2.56 bits per heavy atom. The second-order valence-electron chi connectivity index (χ2n) is 5.20. The van der Waals surface area contributed by atoms with Crippen LogP contribution in [-0.4, -0.2) is 33.6 Å². The average molecular weight is 249 g/mol. The van der Waals surface area contributed by atoms with Crippen molar-refractivity contribution in [1.29, 1.82) is 0 Å². The Balaban J connectivity index is 2.20. The molecule has 4 nitrogen and oxygen atoms in total. The second kappa shape index (κ2) is 4.88. The van der Waals surface area contributed by atoms with E-state index in [1.165, 1.54) is 31.0 Å². The third-order valence-corrected chi connectivity index (χ3v) is 3.25. The minimum absolute atomic E-state index is 0.0395. The van der Waals surface area contributed by atoms with E-state index in [9.17, 15) is 15.0 Å². The van der Waals surface area contributed by atoms with Crippen molar-refractivity contribution >= 4 is 5.91 Å². The predicted octanol–water partition coefficient (Wildman–Crippen LogP) is 2.36. The van der Waals surface area contributed by atoms with E-state index < -0.39 is 0 Å². The van der Waals surface area contributed by atoms with Crippen molar-refractivity contribution in [2.45, 2.75) is 32.7 Å². The lowest BCUT2D eigenvalue weighted by molar-refractivity contribution is 0.0693. The van der Waals surface area contributed by atoms with Crippen molar-refractivity contribution in [2.75, 3.05) is 6.54 Å². The molecule has 0 saturated heterocycles. The van der Waals surface area contributed by atoms with Gasteiger partial charge in [-0.2, -0.15) is 0 Å². The van der Waals surface area contributed by atoms with Gasteiger partial charge in [0.2, 0.25) is 0 Å². The normalized spacial score (nSPS) is 14.8. The van der Waals surface area contributed by atoms with Gasteiger partial charge in [0.15, 0.2) is 0 Å². The molecule has 0 heterocycles. The molecule has 1 amide bonds. The van der Waals surface area contributed by atoms with Gasteiger partial charge in [0.25, 0.3) is 5.91 Å². The fourth-order valence-electron chi connectivity index (χ4n) is 1.96. The lowest BCUT2D eigenvalue weighted by atomic mass is 10.1. The number of hydrogen-bond acceptors (Lipinski definition) is 3. The molecule has 0 aliphatic heterocycles. The predicted molar refractivity (Wildman–Crippen MR) is 68.7 cm³/mol. The number of phenols is 2. The molecule has 4 heteroatoms. The van der Waals surface area contributed by atoms with E-state index in [0.29, 0.717) is 5.92 Å². The van der Waals surface area contributed by atoms with Crippen molar-refractivity contribution < 1.29 is 15.0 Å². The molecule has 2 N–H and O–H groups in total. The van der Waals surface area contributed by atoms with Gasteiger partial charge in [0.1, 0.15) is 11.5 Å². The summed E-state index contributed by atoms with van der Waals surface area (Å²) < 4.78 is 0. The molecule has 0 aromatic heterocycles. The van der Waals surface area contributed by atoms with E-state index in [2.05, 4.69) is 0 Å². The fraction of sp³-hybridized carbons (Fsp3) is 0.500. The van der Waals surface area contributed by atoms with Gasteiger partial charge in [-0.3, -0.25) is 4.79 Å². The van der Waals surface area contributed by atoms with Crippen molar-refractivity contribution in [3.63, 3.8) is 0 Å². The summed E-state index contributed by atoms with van der Waals surface area (Å²) in [7, 11) is 0. The first-order valence-corrected chi connectivity index (χ1v) is 6.32. The zero-order valence-corrected chi connectivity index (χ0v) is 10.8. The standard InChI is InChI=1S/C14H19NO3/c1-9(2)15(8-10-3-4-10)14(18)12-6-5-11(16)7-13(12)17/h5-7,9-10,16-17H,3-4,8H2,1-2H3. The maximum Gasteiger partial charge on any atom is 0.257 e. The maximum absolute atomic E-state index is 12.4. The summed E-state index contributed by atoms with van der Waals surface area (Å²) in [5, 5.41) is 19.0. The first-order chi connectivity index (χ1) is 8.49. The van der Waals surface area contributed by atoms with Gasteiger partial charge in [0.05, 0.1) is 5.56 Å². The monoisotopic (exact) mass is 249 g/mol. The van der Waals surface area contributed by atoms with Crippen LogP contribution < -0.4 is 0 Å². The Labute approximate surface area is 107 Å². The Hall–Kier alpha value is -1.71. The lowest BCUT2D eigenvalue weighted by Gasteiger charge is -2.27. The largest absolute Gasteiger partial charge is 0.508 e. The highest BCUT2D eigenvalue weighted by atomic mass is 16.3. The maximum atomic E-state index is 12.4. The number of rotatable bonds is 4. The molecule has 1 aromatic rings. The molecule has 0 spiro atoms. The number of carbonyl (C=O) groups is 1. The van der Waals surface area contributed by atoms with E-state index in [-0.39, 0.29) is 29.0 Å². The molecule has 1 aromatic carbocycles. The van der Waals surface area contributed by atoms with Gasteiger partial charge in [0, 0.05) is 18.7 Å². The van der Waals surface area contributed by atoms with Crippen LogP contribution in [-0.2, 0) is 0 Å². The summed E-state index contributed by atoms with van der Waals surface area (Å²) in [5.74, 6) is 0.230. The van der Waals surface area contributed by atoms with Gasteiger partial charge < -0.3 is 15.1 Å². The number of aromatic hydroxyl groups is 2. The highest BCUT2D eigenvalue weighted by Gasteiger charge is 2.29. The zero-order valence-electron chi connectivity index (χ0n) is 10.8. The topological polar surface area (TPSA) is 60.8 Å². The Kier molecular flexibility index (Phi) is 3.45. The van der Waals surface area contributed by atoms with E-state index >= 15 is 0 Å². The molecule has 1 aliphatic carbocycles. The van der Waals surface area contributed by atoms with E-state index in [0.717, 1.165) is 6.54 Å². The average Bonchev–Trinajstić information content (AvgIpc) is 3.08. The van der Waals surface area contributed by atoms with E-state index in [1.807, 2.05) is 13.8 Å². The molecular weight excluding hydrogens is 230 g/mol. The minimum atomic E-state index is -0.172. The molecule has 98 valence electrons. The van der Waals surface area contributed by atoms with Crippen LogP contribution in [0.2, 0.25) is 0 Å². The van der Waals surface area contributed by atoms with Crippen LogP contribution >= 0.6 is 0 Å². The highest BCUT2D eigenvalue weighted by molar-refractivity contribution is 5.97. The summed E-state index contributed by atoms with van der Waals surface area (Å²) in [4.78, 5) is 14.1. The molecule has 0 radical (unpaired) electrons. The molecular formula is C14H19NO3. The summed E-state index contributed by atoms with van der Waals surface area (Å²) >= 11 is 0. The number of carbonyl (C=O) groups excluding carboxylic acids is 1. The van der Waals surface area contributed by atoms with Gasteiger partial charge in [-0.25, -0.2) is 0 Å². The third kappa shape index (κ3) is 2.75. The number of nitrogens with zero attached hydrogens (tertiary/aromatic N) is 1. The first-order valence-electron chi connectivity index (χ1n) is 6.32. The number of benzene rings is 1. The van der Waals surface area contributed by atoms with Crippen LogP contribution in [0.25, 0.3) is 0 Å². The van der Waals surface area contributed by atoms with Gasteiger partial charge in [-0.05, 0) is 44.7 Å². The molecule has 0 unspecified atom stereocenters. The zero-order chi connectivity index (χ0) is 13.3. The van der Waals surface area contributed by atoms with Crippen LogP contribution in [0.1, 0.15) is 37.0 Å². The van der Waals surface area contributed by atoms with Crippen molar-refractivity contribution in [1.82, 2.24) is 4.90 Å². The molecule has 1 fully saturated rings. The molecule has 0 atom stereocenters. The summed E-state index contributed by atoms with van der Waals surface area (Å²) in [6.07, 6.45) is 2.36. The second-order valence-corrected chi connectivity index (χ2v) is 5.20. The molecule has 0 bridgehead atoms. The van der Waals surface area contributed by atoms with E-state index in [4.69, 9.17) is 0 Å². The smallest absolute Gasteiger partial charge is 0.257 e. The summed E-state index contributed by atoms with van der Waals surface area (Å²) in [5.41, 5.74) is 0.252. The van der Waals surface area contributed by atoms with Crippen molar-refractivity contribution in [3.05, 3.63) is 23.8 Å². The third-order valence-electron chi connectivity index (χ3n) is 3.25. The van der Waals surface area contributed by atoms with Crippen molar-refractivity contribution in [3.8, 4) is 11.5 Å². The number of phenolic OH excluding ortho intramolecular Hbond substituents is 2. The molecule has 2 rings (SSSR count). The first kappa shape index (κ1) is 12.7. The Morgan fingerprint density at radius 2 is 2.06 bits per heavy atom. The minimum Gasteiger partial charge on any atom is -0.508 e. The fourth-order valence-corrected chi connectivity index (χ4v) is 1.96. The Bertz CT molecular complexity index is 452. The van der Waals surface area contributed by atoms with Crippen molar-refractivity contribution in [2.24, 2.45) is 5.92 Å². The molecule has 1 saturated carbocycles. The van der Waals surface area contributed by atoms with Crippen LogP contribution in [0.5, 0.6) is 11.5 Å². The number of amides is 1. The summed E-state index contributed by atoms with van der Waals surface area (Å²) in [6, 6.07) is 4.19. The summed E-state index contributed by atoms with van der Waals surface area (Å²) in [6.45, 7) is 4.69. The SMILES string of the molecule is CC(C)N(CC1CC1)C(=O)c1ccc(O)cc1O. The van der Waals surface area contributed by atoms with Gasteiger partial charge >= 0.3 is 0 Å². The molecule has 18 heavy (non-hydrogen) atoms. The van der Waals surface area contributed by atoms with Gasteiger partial charge in [-0.1, -0.05) is 0 Å². The van der Waals surface area contributed by atoms with Crippen LogP contribution in [0.3, 0.4) is 0 Å².